The summed E-state index contributed by atoms with van der Waals surface area (Å²) in [5, 5.41) is 4.30. The van der Waals surface area contributed by atoms with E-state index in [0.29, 0.717) is 5.02 Å². The van der Waals surface area contributed by atoms with Crippen LogP contribution in [0.1, 0.15) is 5.56 Å². The average molecular weight is 199 g/mol. The van der Waals surface area contributed by atoms with Gasteiger partial charge in [-0.05, 0) is 24.6 Å². The Morgan fingerprint density at radius 2 is 2.15 bits per heavy atom. The quantitative estimate of drug-likeness (QED) is 0.380. The largest absolute Gasteiger partial charge is 0.369 e. The van der Waals surface area contributed by atoms with Crippen LogP contribution in [0.25, 0.3) is 0 Å². The topological polar surface area (TPSA) is 76.4 Å². The molecule has 70 valence electrons. The highest BCUT2D eigenvalue weighted by Crippen LogP contribution is 2.19. The van der Waals surface area contributed by atoms with Gasteiger partial charge in [0.2, 0.25) is 5.96 Å². The molecule has 0 fully saturated rings. The third-order valence-electron chi connectivity index (χ3n) is 1.51. The molecule has 0 saturated carbocycles. The number of hydrazone groups is 1. The first kappa shape index (κ1) is 9.67. The molecule has 0 aliphatic carbocycles. The summed E-state index contributed by atoms with van der Waals surface area (Å²) in [6.45, 7) is 1.93. The average Bonchev–Trinajstić information content (AvgIpc) is 2.06. The lowest BCUT2D eigenvalue weighted by Gasteiger charge is -2.04. The van der Waals surface area contributed by atoms with E-state index < -0.39 is 0 Å². The van der Waals surface area contributed by atoms with Crippen LogP contribution in [0.4, 0.5) is 5.69 Å². The minimum absolute atomic E-state index is 0.0145. The van der Waals surface area contributed by atoms with Gasteiger partial charge in [0.05, 0.1) is 5.69 Å². The van der Waals surface area contributed by atoms with Crippen molar-refractivity contribution in [3.05, 3.63) is 28.8 Å². The molecular weight excluding hydrogens is 188 g/mol. The summed E-state index contributed by atoms with van der Waals surface area (Å²) in [6, 6.07) is 5.44. The fraction of sp³-hybridized carbons (Fsp3) is 0.125. The Kier molecular flexibility index (Phi) is 2.97. The summed E-state index contributed by atoms with van der Waals surface area (Å²) >= 11 is 5.78. The molecule has 1 aromatic rings. The van der Waals surface area contributed by atoms with Gasteiger partial charge in [0.25, 0.3) is 0 Å². The maximum absolute atomic E-state index is 5.78. The van der Waals surface area contributed by atoms with Gasteiger partial charge in [0.15, 0.2) is 0 Å². The molecular formula is C8H11ClN4. The van der Waals surface area contributed by atoms with Gasteiger partial charge in [-0.2, -0.15) is 0 Å². The normalized spacial score (nSPS) is 9.38. The predicted molar refractivity (Wildman–Crippen MR) is 55.6 cm³/mol. The van der Waals surface area contributed by atoms with Gasteiger partial charge in [-0.25, -0.2) is 0 Å². The zero-order chi connectivity index (χ0) is 9.84. The Balaban J connectivity index is 2.87. The summed E-state index contributed by atoms with van der Waals surface area (Å²) in [6.07, 6.45) is 0. The first-order chi connectivity index (χ1) is 6.09. The first-order valence-corrected chi connectivity index (χ1v) is 4.08. The maximum Gasteiger partial charge on any atom is 0.208 e. The van der Waals surface area contributed by atoms with Crippen molar-refractivity contribution in [3.8, 4) is 0 Å². The number of hydrogen-bond acceptors (Lipinski definition) is 2. The fourth-order valence-corrected chi connectivity index (χ4v) is 1.01. The van der Waals surface area contributed by atoms with Crippen molar-refractivity contribution in [2.24, 2.45) is 16.6 Å². The molecule has 0 heterocycles. The minimum Gasteiger partial charge on any atom is -0.369 e. The molecule has 0 amide bonds. The van der Waals surface area contributed by atoms with Crippen LogP contribution in [-0.4, -0.2) is 5.96 Å². The van der Waals surface area contributed by atoms with Crippen molar-refractivity contribution < 1.29 is 0 Å². The van der Waals surface area contributed by atoms with Crippen LogP contribution >= 0.6 is 11.6 Å². The Labute approximate surface area is 81.6 Å². The molecule has 0 unspecified atom stereocenters. The number of rotatable bonds is 2. The number of halogens is 1. The number of nitrogens with one attached hydrogen (secondary N) is 1. The molecule has 0 aromatic heterocycles. The number of nitrogens with two attached hydrogens (primary N) is 2. The van der Waals surface area contributed by atoms with E-state index in [0.717, 1.165) is 11.3 Å². The molecule has 0 atom stereocenters. The third kappa shape index (κ3) is 2.83. The van der Waals surface area contributed by atoms with Crippen molar-refractivity contribution in [2.75, 3.05) is 5.43 Å². The molecule has 0 bridgehead atoms. The molecule has 0 radical (unpaired) electrons. The van der Waals surface area contributed by atoms with Gasteiger partial charge in [0, 0.05) is 5.02 Å². The zero-order valence-corrected chi connectivity index (χ0v) is 7.97. The Hall–Kier alpha value is -1.42. The third-order valence-corrected chi connectivity index (χ3v) is 1.74. The molecule has 13 heavy (non-hydrogen) atoms. The van der Waals surface area contributed by atoms with Gasteiger partial charge in [0.1, 0.15) is 0 Å². The van der Waals surface area contributed by atoms with Gasteiger partial charge in [-0.1, -0.05) is 17.7 Å². The predicted octanol–water partition coefficient (Wildman–Crippen LogP) is 1.25. The number of nitrogens with zero attached hydrogens (tertiary/aromatic N) is 1. The highest BCUT2D eigenvalue weighted by atomic mass is 35.5. The number of guanidine groups is 1. The molecule has 0 spiro atoms. The van der Waals surface area contributed by atoms with Crippen LogP contribution in [0.5, 0.6) is 0 Å². The molecule has 1 aromatic carbocycles. The van der Waals surface area contributed by atoms with Crippen LogP contribution in [-0.2, 0) is 0 Å². The van der Waals surface area contributed by atoms with Gasteiger partial charge >= 0.3 is 0 Å². The van der Waals surface area contributed by atoms with Crippen LogP contribution in [0.2, 0.25) is 5.02 Å². The number of hydrogen-bond donors (Lipinski definition) is 3. The molecule has 1 rings (SSSR count). The van der Waals surface area contributed by atoms with Crippen molar-refractivity contribution in [1.29, 1.82) is 0 Å². The zero-order valence-electron chi connectivity index (χ0n) is 7.21. The monoisotopic (exact) mass is 198 g/mol. The van der Waals surface area contributed by atoms with Gasteiger partial charge in [-0.3, -0.25) is 5.43 Å². The van der Waals surface area contributed by atoms with Crippen LogP contribution in [0, 0.1) is 6.92 Å². The SMILES string of the molecule is Cc1ccc(Cl)cc1NN=C(N)N. The smallest absolute Gasteiger partial charge is 0.208 e. The molecule has 0 saturated heterocycles. The summed E-state index contributed by atoms with van der Waals surface area (Å²) in [4.78, 5) is 0. The van der Waals surface area contributed by atoms with Crippen LogP contribution in [0.15, 0.2) is 23.3 Å². The number of aryl methyl sites for hydroxylation is 1. The highest BCUT2D eigenvalue weighted by molar-refractivity contribution is 6.30. The van der Waals surface area contributed by atoms with Crippen molar-refractivity contribution >= 4 is 23.2 Å². The molecule has 5 heteroatoms. The molecule has 0 aliphatic rings. The van der Waals surface area contributed by atoms with E-state index in [1.54, 1.807) is 12.1 Å². The van der Waals surface area contributed by atoms with Gasteiger partial charge in [-0.15, -0.1) is 5.10 Å². The Morgan fingerprint density at radius 3 is 2.77 bits per heavy atom. The van der Waals surface area contributed by atoms with Crippen LogP contribution in [0.3, 0.4) is 0 Å². The maximum atomic E-state index is 5.78. The second-order valence-electron chi connectivity index (χ2n) is 2.61. The van der Waals surface area contributed by atoms with E-state index in [2.05, 4.69) is 10.5 Å². The van der Waals surface area contributed by atoms with Crippen LogP contribution < -0.4 is 16.9 Å². The second kappa shape index (κ2) is 4.00. The lowest BCUT2D eigenvalue weighted by atomic mass is 10.2. The summed E-state index contributed by atoms with van der Waals surface area (Å²) in [7, 11) is 0. The Bertz CT molecular complexity index is 331. The molecule has 5 N–H and O–H groups in total. The summed E-state index contributed by atoms with van der Waals surface area (Å²) in [5.74, 6) is -0.0145. The minimum atomic E-state index is -0.0145. The fourth-order valence-electron chi connectivity index (χ4n) is 0.839. The van der Waals surface area contributed by atoms with Crippen molar-refractivity contribution in [1.82, 2.24) is 0 Å². The van der Waals surface area contributed by atoms with Gasteiger partial charge < -0.3 is 11.5 Å². The van der Waals surface area contributed by atoms with Crippen molar-refractivity contribution in [3.63, 3.8) is 0 Å². The summed E-state index contributed by atoms with van der Waals surface area (Å²) < 4.78 is 0. The molecule has 0 aliphatic heterocycles. The lowest BCUT2D eigenvalue weighted by Crippen LogP contribution is -2.24. The van der Waals surface area contributed by atoms with E-state index in [9.17, 15) is 0 Å². The number of anilines is 1. The first-order valence-electron chi connectivity index (χ1n) is 3.70. The van der Waals surface area contributed by atoms with E-state index in [1.165, 1.54) is 0 Å². The van der Waals surface area contributed by atoms with E-state index in [4.69, 9.17) is 23.1 Å². The second-order valence-corrected chi connectivity index (χ2v) is 3.04. The van der Waals surface area contributed by atoms with E-state index in [-0.39, 0.29) is 5.96 Å². The van der Waals surface area contributed by atoms with E-state index in [1.807, 2.05) is 13.0 Å². The lowest BCUT2D eigenvalue weighted by molar-refractivity contribution is 1.27. The van der Waals surface area contributed by atoms with E-state index >= 15 is 0 Å². The highest BCUT2D eigenvalue weighted by Gasteiger charge is 1.97. The van der Waals surface area contributed by atoms with Crippen molar-refractivity contribution in [2.45, 2.75) is 6.92 Å². The molecule has 4 nitrogen and oxygen atoms in total. The summed E-state index contributed by atoms with van der Waals surface area (Å²) in [5.41, 5.74) is 14.8. The Morgan fingerprint density at radius 1 is 1.46 bits per heavy atom. The number of benzene rings is 1. The standard InChI is InChI=1S/C8H11ClN4/c1-5-2-3-6(9)4-7(5)12-13-8(10)11/h2-4,12H,1H3,(H4,10,11,13).